The number of aliphatic hydroxyl groups is 1. The lowest BCUT2D eigenvalue weighted by molar-refractivity contribution is -0.137. The first kappa shape index (κ1) is 27.5. The van der Waals surface area contributed by atoms with Crippen molar-refractivity contribution in [2.24, 2.45) is 7.05 Å². The van der Waals surface area contributed by atoms with Crippen molar-refractivity contribution in [3.8, 4) is 5.82 Å². The summed E-state index contributed by atoms with van der Waals surface area (Å²) in [7, 11) is 5.33. The normalized spacial score (nSPS) is 17.1. The minimum absolute atomic E-state index is 0.0489. The molecule has 2 amide bonds. The summed E-state index contributed by atoms with van der Waals surface area (Å²) >= 11 is 0. The van der Waals surface area contributed by atoms with Crippen LogP contribution in [0.15, 0.2) is 42.7 Å². The number of aryl methyl sites for hydroxylation is 2. The van der Waals surface area contributed by atoms with Crippen LogP contribution in [0.5, 0.6) is 0 Å². The lowest BCUT2D eigenvalue weighted by atomic mass is 10.2. The monoisotopic (exact) mass is 560 g/mol. The molecule has 2 atom stereocenters. The first-order chi connectivity index (χ1) is 18.8. The number of imidazole rings is 1. The Hall–Kier alpha value is -4.04. The number of nitrogens with zero attached hydrogens (tertiary/aromatic N) is 8. The third-order valence-corrected chi connectivity index (χ3v) is 6.65. The van der Waals surface area contributed by atoms with Gasteiger partial charge in [0.25, 0.3) is 0 Å². The molecule has 14 heteroatoms. The van der Waals surface area contributed by atoms with E-state index in [-0.39, 0.29) is 37.0 Å². The second kappa shape index (κ2) is 10.2. The summed E-state index contributed by atoms with van der Waals surface area (Å²) in [5, 5.41) is 11.4. The number of rotatable bonds is 7. The number of fused-ring (bicyclic) bond motifs is 1. The smallest absolute Gasteiger partial charge is 0.390 e. The average Bonchev–Trinajstić information content (AvgIpc) is 3.52. The van der Waals surface area contributed by atoms with E-state index in [4.69, 9.17) is 0 Å². The van der Waals surface area contributed by atoms with Crippen molar-refractivity contribution < 1.29 is 27.5 Å². The highest BCUT2D eigenvalue weighted by Gasteiger charge is 2.44. The van der Waals surface area contributed by atoms with Crippen molar-refractivity contribution in [3.63, 3.8) is 0 Å². The zero-order valence-electron chi connectivity index (χ0n) is 22.3. The maximum atomic E-state index is 14.7. The number of β-amino-alcohol motifs (C(OH)–C–C–N with tert-alkyl or cyclic N) is 1. The molecule has 10 nitrogen and oxygen atoms in total. The Morgan fingerprint density at radius 2 is 1.88 bits per heavy atom. The molecular weight excluding hydrogens is 532 g/mol. The second-order valence-electron chi connectivity index (χ2n) is 10.1. The summed E-state index contributed by atoms with van der Waals surface area (Å²) in [6.07, 6.45) is -2.67. The summed E-state index contributed by atoms with van der Waals surface area (Å²) < 4.78 is 59.0. The van der Waals surface area contributed by atoms with Gasteiger partial charge in [-0.15, -0.1) is 0 Å². The van der Waals surface area contributed by atoms with Gasteiger partial charge in [0.1, 0.15) is 29.1 Å². The van der Waals surface area contributed by atoms with Gasteiger partial charge < -0.3 is 19.5 Å². The van der Waals surface area contributed by atoms with Crippen LogP contribution in [-0.4, -0.2) is 84.9 Å². The lowest BCUT2D eigenvalue weighted by Gasteiger charge is -2.24. The van der Waals surface area contributed by atoms with Crippen molar-refractivity contribution in [3.05, 3.63) is 65.8 Å². The minimum Gasteiger partial charge on any atom is -0.390 e. The van der Waals surface area contributed by atoms with Crippen LogP contribution in [0.4, 0.5) is 28.2 Å². The molecule has 0 radical (unpaired) electrons. The number of urea groups is 1. The maximum Gasteiger partial charge on any atom is 0.416 e. The topological polar surface area (TPSA) is 95.6 Å². The van der Waals surface area contributed by atoms with Crippen LogP contribution < -0.4 is 4.90 Å². The highest BCUT2D eigenvalue weighted by atomic mass is 19.4. The van der Waals surface area contributed by atoms with Gasteiger partial charge in [0, 0.05) is 37.4 Å². The van der Waals surface area contributed by atoms with E-state index in [9.17, 15) is 27.5 Å². The van der Waals surface area contributed by atoms with Gasteiger partial charge in [0.15, 0.2) is 0 Å². The van der Waals surface area contributed by atoms with Crippen LogP contribution >= 0.6 is 0 Å². The Kier molecular flexibility index (Phi) is 7.00. The SMILES string of the molecule is Cc1cc(C(F)(F)F)cc(N2C(=O)N(CC(O)CN(C)C)C[C@H]2c2nc(F)cn2-c2ccc3ccn(C)c3n2)n1. The van der Waals surface area contributed by atoms with Crippen molar-refractivity contribution >= 4 is 22.9 Å². The fraction of sp³-hybridized carbons (Fsp3) is 0.385. The third-order valence-electron chi connectivity index (χ3n) is 6.65. The highest BCUT2D eigenvalue weighted by molar-refractivity contribution is 5.94. The van der Waals surface area contributed by atoms with Crippen molar-refractivity contribution in [1.82, 2.24) is 33.9 Å². The van der Waals surface area contributed by atoms with E-state index in [1.165, 1.54) is 16.4 Å². The van der Waals surface area contributed by atoms with E-state index in [1.807, 2.05) is 19.3 Å². The van der Waals surface area contributed by atoms with E-state index < -0.39 is 35.9 Å². The number of hydrogen-bond donors (Lipinski definition) is 1. The molecule has 4 aromatic heterocycles. The van der Waals surface area contributed by atoms with Crippen LogP contribution in [0.3, 0.4) is 0 Å². The molecule has 1 aliphatic heterocycles. The zero-order valence-corrected chi connectivity index (χ0v) is 22.3. The molecule has 1 unspecified atom stereocenters. The van der Waals surface area contributed by atoms with Crippen molar-refractivity contribution in [2.75, 3.05) is 38.6 Å². The Balaban J connectivity index is 1.62. The molecule has 1 aliphatic rings. The van der Waals surface area contributed by atoms with E-state index in [0.717, 1.165) is 28.6 Å². The fourth-order valence-corrected chi connectivity index (χ4v) is 4.98. The molecular formula is C26H28F4N8O2. The molecule has 212 valence electrons. The van der Waals surface area contributed by atoms with Gasteiger partial charge in [-0.05, 0) is 51.4 Å². The number of pyridine rings is 2. The van der Waals surface area contributed by atoms with Gasteiger partial charge in [-0.1, -0.05) is 0 Å². The highest BCUT2D eigenvalue weighted by Crippen LogP contribution is 2.38. The van der Waals surface area contributed by atoms with E-state index >= 15 is 0 Å². The van der Waals surface area contributed by atoms with Crippen LogP contribution in [0.25, 0.3) is 16.9 Å². The number of halogens is 4. The number of carbonyl (C=O) groups excluding carboxylic acids is 1. The number of aromatic nitrogens is 5. The number of alkyl halides is 3. The van der Waals surface area contributed by atoms with Gasteiger partial charge in [-0.25, -0.2) is 19.7 Å². The largest absolute Gasteiger partial charge is 0.416 e. The van der Waals surface area contributed by atoms with Crippen LogP contribution in [0.2, 0.25) is 0 Å². The van der Waals surface area contributed by atoms with Crippen molar-refractivity contribution in [1.29, 1.82) is 0 Å². The summed E-state index contributed by atoms with van der Waals surface area (Å²) in [5.74, 6) is -0.746. The van der Waals surface area contributed by atoms with Crippen LogP contribution in [0, 0.1) is 12.9 Å². The summed E-state index contributed by atoms with van der Waals surface area (Å²) in [6.45, 7) is 1.47. The number of aliphatic hydroxyl groups excluding tert-OH is 1. The third kappa shape index (κ3) is 5.23. The van der Waals surface area contributed by atoms with Gasteiger partial charge in [-0.3, -0.25) is 9.47 Å². The second-order valence-corrected chi connectivity index (χ2v) is 10.1. The molecule has 1 fully saturated rings. The van der Waals surface area contributed by atoms with Gasteiger partial charge >= 0.3 is 12.2 Å². The zero-order chi connectivity index (χ0) is 28.9. The van der Waals surface area contributed by atoms with Crippen LogP contribution in [0.1, 0.15) is 23.1 Å². The molecule has 4 aromatic rings. The van der Waals surface area contributed by atoms with Gasteiger partial charge in [0.2, 0.25) is 5.95 Å². The van der Waals surface area contributed by atoms with Gasteiger partial charge in [-0.2, -0.15) is 17.6 Å². The van der Waals surface area contributed by atoms with E-state index in [1.54, 1.807) is 35.7 Å². The fourth-order valence-electron chi connectivity index (χ4n) is 4.98. The number of hydrogen-bond acceptors (Lipinski definition) is 6. The first-order valence-electron chi connectivity index (χ1n) is 12.5. The molecule has 5 heterocycles. The molecule has 0 aliphatic carbocycles. The molecule has 1 N–H and O–H groups in total. The average molecular weight is 561 g/mol. The number of anilines is 1. The van der Waals surface area contributed by atoms with Gasteiger partial charge in [0.05, 0.1) is 24.4 Å². The predicted octanol–water partition coefficient (Wildman–Crippen LogP) is 3.53. The molecule has 0 spiro atoms. The summed E-state index contributed by atoms with van der Waals surface area (Å²) in [5.41, 5.74) is -0.300. The first-order valence-corrected chi connectivity index (χ1v) is 12.5. The Morgan fingerprint density at radius 1 is 1.12 bits per heavy atom. The predicted molar refractivity (Wildman–Crippen MR) is 139 cm³/mol. The van der Waals surface area contributed by atoms with Crippen molar-refractivity contribution in [2.45, 2.75) is 25.2 Å². The van der Waals surface area contributed by atoms with Crippen LogP contribution in [-0.2, 0) is 13.2 Å². The molecule has 0 aromatic carbocycles. The van der Waals surface area contributed by atoms with E-state index in [0.29, 0.717) is 11.5 Å². The lowest BCUT2D eigenvalue weighted by Crippen LogP contribution is -2.40. The minimum atomic E-state index is -4.68. The number of amides is 2. The maximum absolute atomic E-state index is 14.7. The quantitative estimate of drug-likeness (QED) is 0.348. The Morgan fingerprint density at radius 3 is 2.58 bits per heavy atom. The molecule has 5 rings (SSSR count). The number of likely N-dealkylation sites (N-methyl/N-ethyl adjacent to an activating group) is 1. The standard InChI is InChI=1S/C26H28F4N8O2/c1-15-9-17(26(28,29)30)10-22(31-15)38-19(13-36(25(38)40)12-18(39)11-34(2)3)24-32-20(27)14-37(24)21-6-5-16-7-8-35(4)23(16)33-21/h5-10,14,18-19,39H,11-13H2,1-4H3/t18?,19-/m0/s1. The molecule has 40 heavy (non-hydrogen) atoms. The summed E-state index contributed by atoms with van der Waals surface area (Å²) in [6, 6.07) is 5.29. The molecule has 1 saturated heterocycles. The van der Waals surface area contributed by atoms with E-state index in [2.05, 4.69) is 15.0 Å². The summed E-state index contributed by atoms with van der Waals surface area (Å²) in [4.78, 5) is 30.7. The molecule has 0 saturated carbocycles. The Bertz CT molecular complexity index is 1560. The Labute approximate surface area is 227 Å². The molecule has 0 bridgehead atoms. The number of carbonyl (C=O) groups is 1.